The van der Waals surface area contributed by atoms with E-state index < -0.39 is 0 Å². The highest BCUT2D eigenvalue weighted by Gasteiger charge is 2.36. The number of benzene rings is 2. The van der Waals surface area contributed by atoms with E-state index >= 15 is 0 Å². The van der Waals surface area contributed by atoms with Crippen LogP contribution in [0.15, 0.2) is 48.5 Å². The Morgan fingerprint density at radius 1 is 1.16 bits per heavy atom. The van der Waals surface area contributed by atoms with Gasteiger partial charge in [0.2, 0.25) is 0 Å². The SMILES string of the molecule is CCOc1ccccc1NC(=O)N1C[C@@H]2CCCN2c2ccccc21. The minimum absolute atomic E-state index is 0.105. The zero-order valence-corrected chi connectivity index (χ0v) is 14.4. The molecule has 25 heavy (non-hydrogen) atoms. The monoisotopic (exact) mass is 337 g/mol. The third-order valence-electron chi connectivity index (χ3n) is 4.93. The lowest BCUT2D eigenvalue weighted by molar-refractivity contribution is 0.256. The smallest absolute Gasteiger partial charge is 0.326 e. The maximum absolute atomic E-state index is 13.0. The van der Waals surface area contributed by atoms with E-state index in [0.717, 1.165) is 30.9 Å². The van der Waals surface area contributed by atoms with E-state index in [1.165, 1.54) is 6.42 Å². The van der Waals surface area contributed by atoms with Gasteiger partial charge in [0.25, 0.3) is 0 Å². The average molecular weight is 337 g/mol. The summed E-state index contributed by atoms with van der Waals surface area (Å²) in [5.74, 6) is 0.700. The fourth-order valence-electron chi connectivity index (χ4n) is 3.81. The normalized spacial score (nSPS) is 18.5. The van der Waals surface area contributed by atoms with Crippen molar-refractivity contribution in [1.82, 2.24) is 0 Å². The highest BCUT2D eigenvalue weighted by atomic mass is 16.5. The Bertz CT molecular complexity index is 777. The minimum Gasteiger partial charge on any atom is -0.492 e. The largest absolute Gasteiger partial charge is 0.492 e. The number of urea groups is 1. The molecule has 0 saturated carbocycles. The van der Waals surface area contributed by atoms with E-state index in [9.17, 15) is 4.79 Å². The molecule has 1 saturated heterocycles. The first kappa shape index (κ1) is 15.8. The minimum atomic E-state index is -0.105. The van der Waals surface area contributed by atoms with E-state index in [-0.39, 0.29) is 6.03 Å². The lowest BCUT2D eigenvalue weighted by Crippen LogP contribution is -2.49. The van der Waals surface area contributed by atoms with Crippen LogP contribution in [0.5, 0.6) is 5.75 Å². The van der Waals surface area contributed by atoms with Gasteiger partial charge in [-0.1, -0.05) is 24.3 Å². The quantitative estimate of drug-likeness (QED) is 0.917. The topological polar surface area (TPSA) is 44.8 Å². The van der Waals surface area contributed by atoms with E-state index in [1.807, 2.05) is 54.3 Å². The van der Waals surface area contributed by atoms with Crippen molar-refractivity contribution in [3.8, 4) is 5.75 Å². The second-order valence-electron chi connectivity index (χ2n) is 6.45. The molecule has 2 aliphatic heterocycles. The molecule has 0 unspecified atom stereocenters. The molecule has 0 bridgehead atoms. The zero-order valence-electron chi connectivity index (χ0n) is 14.4. The molecule has 0 aromatic heterocycles. The average Bonchev–Trinajstić information content (AvgIpc) is 3.12. The standard InChI is InChI=1S/C20H23N3O2/c1-2-25-19-12-6-3-9-16(19)21-20(24)23-14-15-8-7-13-22(15)17-10-4-5-11-18(17)23/h3-6,9-12,15H,2,7-8,13-14H2,1H3,(H,21,24)/t15-/m0/s1. The number of hydrogen-bond acceptors (Lipinski definition) is 3. The number of carbonyl (C=O) groups is 1. The van der Waals surface area contributed by atoms with Gasteiger partial charge in [-0.3, -0.25) is 4.90 Å². The van der Waals surface area contributed by atoms with Gasteiger partial charge in [-0.15, -0.1) is 0 Å². The van der Waals surface area contributed by atoms with Crippen molar-refractivity contribution in [2.75, 3.05) is 34.8 Å². The summed E-state index contributed by atoms with van der Waals surface area (Å²) < 4.78 is 5.62. The number of rotatable bonds is 3. The maximum Gasteiger partial charge on any atom is 0.326 e. The number of para-hydroxylation sites is 4. The molecule has 2 aliphatic rings. The first-order chi connectivity index (χ1) is 12.3. The molecule has 0 spiro atoms. The Morgan fingerprint density at radius 3 is 2.76 bits per heavy atom. The van der Waals surface area contributed by atoms with Crippen molar-refractivity contribution in [3.05, 3.63) is 48.5 Å². The number of amides is 2. The van der Waals surface area contributed by atoms with E-state index in [1.54, 1.807) is 0 Å². The van der Waals surface area contributed by atoms with Gasteiger partial charge in [0.15, 0.2) is 0 Å². The molecule has 2 aromatic rings. The van der Waals surface area contributed by atoms with Gasteiger partial charge < -0.3 is 15.0 Å². The molecule has 1 N–H and O–H groups in total. The Hall–Kier alpha value is -2.69. The molecule has 0 radical (unpaired) electrons. The summed E-state index contributed by atoms with van der Waals surface area (Å²) in [7, 11) is 0. The van der Waals surface area contributed by atoms with Crippen LogP contribution in [0.25, 0.3) is 0 Å². The summed E-state index contributed by atoms with van der Waals surface area (Å²) in [5, 5.41) is 3.03. The number of anilines is 3. The van der Waals surface area contributed by atoms with Gasteiger partial charge in [-0.25, -0.2) is 4.79 Å². The molecule has 1 fully saturated rings. The number of ether oxygens (including phenoxy) is 1. The molecule has 2 aromatic carbocycles. The molecular formula is C20H23N3O2. The number of hydrogen-bond donors (Lipinski definition) is 1. The molecule has 2 amide bonds. The van der Waals surface area contributed by atoms with Gasteiger partial charge in [-0.2, -0.15) is 0 Å². The molecule has 2 heterocycles. The molecule has 130 valence electrons. The summed E-state index contributed by atoms with van der Waals surface area (Å²) in [6.07, 6.45) is 2.31. The van der Waals surface area contributed by atoms with Gasteiger partial charge in [0.1, 0.15) is 5.75 Å². The van der Waals surface area contributed by atoms with Crippen LogP contribution in [-0.4, -0.2) is 31.8 Å². The van der Waals surface area contributed by atoms with Crippen LogP contribution in [0.2, 0.25) is 0 Å². The Balaban J connectivity index is 1.61. The Morgan fingerprint density at radius 2 is 1.92 bits per heavy atom. The third-order valence-corrected chi connectivity index (χ3v) is 4.93. The van der Waals surface area contributed by atoms with Crippen molar-refractivity contribution in [1.29, 1.82) is 0 Å². The predicted molar refractivity (Wildman–Crippen MR) is 101 cm³/mol. The highest BCUT2D eigenvalue weighted by molar-refractivity contribution is 6.05. The zero-order chi connectivity index (χ0) is 17.2. The van der Waals surface area contributed by atoms with Gasteiger partial charge in [0, 0.05) is 19.1 Å². The lowest BCUT2D eigenvalue weighted by Gasteiger charge is -2.40. The Kier molecular flexibility index (Phi) is 4.22. The number of nitrogens with one attached hydrogen (secondary N) is 1. The molecule has 0 aliphatic carbocycles. The van der Waals surface area contributed by atoms with Crippen LogP contribution in [0.3, 0.4) is 0 Å². The Labute approximate surface area is 148 Å². The fraction of sp³-hybridized carbons (Fsp3) is 0.350. The summed E-state index contributed by atoms with van der Waals surface area (Å²) >= 11 is 0. The second-order valence-corrected chi connectivity index (χ2v) is 6.45. The van der Waals surface area contributed by atoms with E-state index in [4.69, 9.17) is 4.74 Å². The fourth-order valence-corrected chi connectivity index (χ4v) is 3.81. The number of carbonyl (C=O) groups excluding carboxylic acids is 1. The van der Waals surface area contributed by atoms with Crippen molar-refractivity contribution in [2.45, 2.75) is 25.8 Å². The number of fused-ring (bicyclic) bond motifs is 3. The van der Waals surface area contributed by atoms with Crippen LogP contribution in [0, 0.1) is 0 Å². The predicted octanol–water partition coefficient (Wildman–Crippen LogP) is 4.11. The van der Waals surface area contributed by atoms with Crippen molar-refractivity contribution in [3.63, 3.8) is 0 Å². The molecule has 5 heteroatoms. The van der Waals surface area contributed by atoms with E-state index in [0.29, 0.717) is 24.1 Å². The van der Waals surface area contributed by atoms with Crippen molar-refractivity contribution < 1.29 is 9.53 Å². The van der Waals surface area contributed by atoms with Gasteiger partial charge in [0.05, 0.1) is 23.7 Å². The van der Waals surface area contributed by atoms with Crippen LogP contribution in [0.4, 0.5) is 21.9 Å². The van der Waals surface area contributed by atoms with Crippen LogP contribution in [-0.2, 0) is 0 Å². The third kappa shape index (κ3) is 2.90. The van der Waals surface area contributed by atoms with Crippen LogP contribution < -0.4 is 19.9 Å². The second kappa shape index (κ2) is 6.67. The maximum atomic E-state index is 13.0. The van der Waals surface area contributed by atoms with Gasteiger partial charge in [-0.05, 0) is 44.0 Å². The summed E-state index contributed by atoms with van der Waals surface area (Å²) in [5.41, 5.74) is 2.84. The molecule has 5 nitrogen and oxygen atoms in total. The number of nitrogens with zero attached hydrogens (tertiary/aromatic N) is 2. The molecular weight excluding hydrogens is 314 g/mol. The van der Waals surface area contributed by atoms with Crippen LogP contribution in [0.1, 0.15) is 19.8 Å². The molecule has 4 rings (SSSR count). The molecule has 1 atom stereocenters. The van der Waals surface area contributed by atoms with E-state index in [2.05, 4.69) is 16.3 Å². The van der Waals surface area contributed by atoms with Gasteiger partial charge >= 0.3 is 6.03 Å². The summed E-state index contributed by atoms with van der Waals surface area (Å²) in [6, 6.07) is 16.0. The summed E-state index contributed by atoms with van der Waals surface area (Å²) in [6.45, 7) is 4.30. The summed E-state index contributed by atoms with van der Waals surface area (Å²) in [4.78, 5) is 17.3. The van der Waals surface area contributed by atoms with Crippen molar-refractivity contribution >= 4 is 23.1 Å². The lowest BCUT2D eigenvalue weighted by atomic mass is 10.1. The first-order valence-electron chi connectivity index (χ1n) is 8.94. The first-order valence-corrected chi connectivity index (χ1v) is 8.94. The van der Waals surface area contributed by atoms with Crippen LogP contribution >= 0.6 is 0 Å². The van der Waals surface area contributed by atoms with Crippen molar-refractivity contribution in [2.24, 2.45) is 0 Å². The highest BCUT2D eigenvalue weighted by Crippen LogP contribution is 2.39.